The zero-order chi connectivity index (χ0) is 21.9. The Bertz CT molecular complexity index is 1050. The molecular formula is C22H26F2N4O3. The number of imidazole rings is 1. The lowest BCUT2D eigenvalue weighted by Crippen LogP contribution is -2.47. The highest BCUT2D eigenvalue weighted by Gasteiger charge is 2.36. The van der Waals surface area contributed by atoms with E-state index in [-0.39, 0.29) is 34.9 Å². The molecule has 0 radical (unpaired) electrons. The molecule has 0 bridgehead atoms. The number of halogens is 2. The number of cyclic esters (lactones) is 1. The van der Waals surface area contributed by atoms with Gasteiger partial charge in [0.2, 0.25) is 0 Å². The minimum Gasteiger partial charge on any atom is -0.448 e. The highest BCUT2D eigenvalue weighted by Crippen LogP contribution is 2.44. The molecule has 0 spiro atoms. The van der Waals surface area contributed by atoms with Crippen molar-refractivity contribution in [2.75, 3.05) is 26.2 Å². The maximum Gasteiger partial charge on any atom is 0.410 e. The van der Waals surface area contributed by atoms with Crippen molar-refractivity contribution < 1.29 is 23.1 Å². The van der Waals surface area contributed by atoms with Gasteiger partial charge in [-0.05, 0) is 49.3 Å². The summed E-state index contributed by atoms with van der Waals surface area (Å²) in [4.78, 5) is 32.8. The first-order valence-corrected chi connectivity index (χ1v) is 10.9. The van der Waals surface area contributed by atoms with Crippen molar-refractivity contribution in [1.82, 2.24) is 19.4 Å². The second-order valence-electron chi connectivity index (χ2n) is 8.92. The molecule has 166 valence electrons. The van der Waals surface area contributed by atoms with Gasteiger partial charge >= 0.3 is 6.09 Å². The Morgan fingerprint density at radius 3 is 2.45 bits per heavy atom. The molecule has 0 unspecified atom stereocenters. The standard InChI is InChI=1S/C22H26F2N4O3/c1-22(23,24)16-11-14(13-3-4-13)12-17-18(16)25-19(26(17)2)20(29)27-7-5-15(6-8-27)28-9-10-31-21(28)30/h11-13,15H,3-10H2,1-2H3. The first kappa shape index (κ1) is 20.2. The molecular weight excluding hydrogens is 406 g/mol. The van der Waals surface area contributed by atoms with Crippen molar-refractivity contribution in [3.8, 4) is 0 Å². The molecule has 0 atom stereocenters. The van der Waals surface area contributed by atoms with Gasteiger partial charge in [0.15, 0.2) is 5.82 Å². The third kappa shape index (κ3) is 3.53. The van der Waals surface area contributed by atoms with E-state index in [1.807, 2.05) is 6.07 Å². The van der Waals surface area contributed by atoms with Gasteiger partial charge in [0.25, 0.3) is 11.8 Å². The van der Waals surface area contributed by atoms with E-state index in [1.165, 1.54) is 0 Å². The molecule has 1 saturated carbocycles. The Kier molecular flexibility index (Phi) is 4.67. The molecule has 3 heterocycles. The lowest BCUT2D eigenvalue weighted by molar-refractivity contribution is 0.0188. The average molecular weight is 432 g/mol. The number of alkyl halides is 2. The smallest absolute Gasteiger partial charge is 0.410 e. The van der Waals surface area contributed by atoms with Crippen molar-refractivity contribution in [3.63, 3.8) is 0 Å². The maximum atomic E-state index is 14.4. The van der Waals surface area contributed by atoms with Crippen LogP contribution in [0.3, 0.4) is 0 Å². The van der Waals surface area contributed by atoms with Crippen LogP contribution in [0.15, 0.2) is 12.1 Å². The van der Waals surface area contributed by atoms with E-state index in [1.54, 1.807) is 27.5 Å². The predicted octanol–water partition coefficient (Wildman–Crippen LogP) is 3.62. The fourth-order valence-corrected chi connectivity index (χ4v) is 4.75. The lowest BCUT2D eigenvalue weighted by atomic mass is 10.0. The van der Waals surface area contributed by atoms with Crippen LogP contribution in [-0.2, 0) is 17.7 Å². The number of piperidine rings is 1. The summed E-state index contributed by atoms with van der Waals surface area (Å²) < 4.78 is 35.4. The van der Waals surface area contributed by atoms with Crippen LogP contribution in [0.1, 0.15) is 60.3 Å². The number of ether oxygens (including phenoxy) is 1. The molecule has 0 N–H and O–H groups in total. The van der Waals surface area contributed by atoms with Crippen molar-refractivity contribution >= 4 is 23.0 Å². The number of carbonyl (C=O) groups excluding carboxylic acids is 2. The first-order chi connectivity index (χ1) is 14.7. The molecule has 2 amide bonds. The number of benzene rings is 1. The summed E-state index contributed by atoms with van der Waals surface area (Å²) in [7, 11) is 1.71. The molecule has 1 aliphatic carbocycles. The van der Waals surface area contributed by atoms with Crippen LogP contribution in [0.4, 0.5) is 13.6 Å². The van der Waals surface area contributed by atoms with Gasteiger partial charge in [-0.25, -0.2) is 18.6 Å². The number of nitrogens with zero attached hydrogens (tertiary/aromatic N) is 4. The van der Waals surface area contributed by atoms with Crippen molar-refractivity contribution in [2.24, 2.45) is 7.05 Å². The highest BCUT2D eigenvalue weighted by molar-refractivity contribution is 5.96. The van der Waals surface area contributed by atoms with Crippen LogP contribution in [-0.4, -0.2) is 63.6 Å². The topological polar surface area (TPSA) is 67.7 Å². The Hall–Kier alpha value is -2.71. The SMILES string of the molecule is Cn1c(C(=O)N2CCC(N3CCOC3=O)CC2)nc2c(C(C)(F)F)cc(C3CC3)cc21. The predicted molar refractivity (Wildman–Crippen MR) is 109 cm³/mol. The monoisotopic (exact) mass is 432 g/mol. The van der Waals surface area contributed by atoms with E-state index < -0.39 is 5.92 Å². The zero-order valence-corrected chi connectivity index (χ0v) is 17.7. The van der Waals surface area contributed by atoms with Crippen LogP contribution in [0, 0.1) is 0 Å². The number of likely N-dealkylation sites (tertiary alicyclic amines) is 1. The molecule has 9 heteroatoms. The fourth-order valence-electron chi connectivity index (χ4n) is 4.75. The van der Waals surface area contributed by atoms with Crippen LogP contribution >= 0.6 is 0 Å². The van der Waals surface area contributed by atoms with Gasteiger partial charge in [0, 0.05) is 38.7 Å². The van der Waals surface area contributed by atoms with E-state index in [4.69, 9.17) is 4.74 Å². The molecule has 2 aliphatic heterocycles. The van der Waals surface area contributed by atoms with Gasteiger partial charge in [0.05, 0.1) is 17.6 Å². The molecule has 3 aliphatic rings. The number of amides is 2. The summed E-state index contributed by atoms with van der Waals surface area (Å²) in [5, 5.41) is 0. The van der Waals surface area contributed by atoms with Crippen LogP contribution in [0.25, 0.3) is 11.0 Å². The van der Waals surface area contributed by atoms with Gasteiger partial charge < -0.3 is 19.1 Å². The molecule has 1 aromatic carbocycles. The summed E-state index contributed by atoms with van der Waals surface area (Å²) in [6, 6.07) is 3.52. The largest absolute Gasteiger partial charge is 0.448 e. The second-order valence-corrected chi connectivity index (χ2v) is 8.92. The van der Waals surface area contributed by atoms with Crippen LogP contribution in [0.5, 0.6) is 0 Å². The number of rotatable bonds is 4. The number of aromatic nitrogens is 2. The second kappa shape index (κ2) is 7.17. The van der Waals surface area contributed by atoms with Gasteiger partial charge in [-0.1, -0.05) is 0 Å². The molecule has 2 saturated heterocycles. The summed E-state index contributed by atoms with van der Waals surface area (Å²) in [5.41, 5.74) is 1.54. The van der Waals surface area contributed by atoms with E-state index in [2.05, 4.69) is 4.98 Å². The van der Waals surface area contributed by atoms with Crippen molar-refractivity contribution in [3.05, 3.63) is 29.1 Å². The minimum absolute atomic E-state index is 0.0611. The number of hydrogen-bond acceptors (Lipinski definition) is 4. The van der Waals surface area contributed by atoms with Gasteiger partial charge in [-0.3, -0.25) is 4.79 Å². The molecule has 1 aromatic heterocycles. The zero-order valence-electron chi connectivity index (χ0n) is 17.7. The Morgan fingerprint density at radius 2 is 1.87 bits per heavy atom. The Balaban J connectivity index is 1.42. The third-order valence-corrected chi connectivity index (χ3v) is 6.71. The Labute approximate surface area is 178 Å². The molecule has 2 aromatic rings. The van der Waals surface area contributed by atoms with Crippen LogP contribution < -0.4 is 0 Å². The minimum atomic E-state index is -3.04. The van der Waals surface area contributed by atoms with E-state index in [0.717, 1.165) is 25.3 Å². The van der Waals surface area contributed by atoms with Gasteiger partial charge in [-0.2, -0.15) is 0 Å². The number of aryl methyl sites for hydroxylation is 1. The van der Waals surface area contributed by atoms with Gasteiger partial charge in [0.1, 0.15) is 6.61 Å². The van der Waals surface area contributed by atoms with E-state index >= 15 is 0 Å². The summed E-state index contributed by atoms with van der Waals surface area (Å²) in [6.07, 6.45) is 3.04. The first-order valence-electron chi connectivity index (χ1n) is 10.9. The fraction of sp³-hybridized carbons (Fsp3) is 0.591. The maximum absolute atomic E-state index is 14.4. The number of hydrogen-bond donors (Lipinski definition) is 0. The summed E-state index contributed by atoms with van der Waals surface area (Å²) >= 11 is 0. The molecule has 7 nitrogen and oxygen atoms in total. The summed E-state index contributed by atoms with van der Waals surface area (Å²) in [6.45, 7) is 2.84. The molecule has 3 fully saturated rings. The lowest BCUT2D eigenvalue weighted by Gasteiger charge is -2.35. The van der Waals surface area contributed by atoms with Crippen LogP contribution in [0.2, 0.25) is 0 Å². The average Bonchev–Trinajstić information content (AvgIpc) is 3.42. The van der Waals surface area contributed by atoms with E-state index in [9.17, 15) is 18.4 Å². The summed E-state index contributed by atoms with van der Waals surface area (Å²) in [5.74, 6) is -2.82. The molecule has 31 heavy (non-hydrogen) atoms. The van der Waals surface area contributed by atoms with E-state index in [0.29, 0.717) is 50.5 Å². The van der Waals surface area contributed by atoms with Crippen molar-refractivity contribution in [2.45, 2.75) is 50.5 Å². The highest BCUT2D eigenvalue weighted by atomic mass is 19.3. The van der Waals surface area contributed by atoms with Gasteiger partial charge in [-0.15, -0.1) is 0 Å². The quantitative estimate of drug-likeness (QED) is 0.740. The normalized spacial score (nSPS) is 20.6. The third-order valence-electron chi connectivity index (χ3n) is 6.71. The Morgan fingerprint density at radius 1 is 1.16 bits per heavy atom. The number of carbonyl (C=O) groups is 2. The van der Waals surface area contributed by atoms with Crippen molar-refractivity contribution in [1.29, 1.82) is 0 Å². The molecule has 5 rings (SSSR count). The number of fused-ring (bicyclic) bond motifs is 1.